The molecule has 0 spiro atoms. The predicted octanol–water partition coefficient (Wildman–Crippen LogP) is 3.61. The van der Waals surface area contributed by atoms with E-state index in [2.05, 4.69) is 4.57 Å². The minimum atomic E-state index is 0.662. The molecule has 0 saturated heterocycles. The average molecular weight is 257 g/mol. The lowest BCUT2D eigenvalue weighted by Gasteiger charge is -2.11. The highest BCUT2D eigenvalue weighted by molar-refractivity contribution is 5.80. The zero-order valence-corrected chi connectivity index (χ0v) is 11.9. The van der Waals surface area contributed by atoms with Crippen molar-refractivity contribution < 1.29 is 9.53 Å². The van der Waals surface area contributed by atoms with Gasteiger partial charge in [-0.05, 0) is 57.5 Å². The van der Waals surface area contributed by atoms with E-state index in [4.69, 9.17) is 4.74 Å². The van der Waals surface area contributed by atoms with Gasteiger partial charge in [0.15, 0.2) is 6.29 Å². The Morgan fingerprint density at radius 3 is 2.21 bits per heavy atom. The number of carbonyl (C=O) groups is 1. The Kier molecular flexibility index (Phi) is 3.74. The van der Waals surface area contributed by atoms with E-state index < -0.39 is 0 Å². The van der Waals surface area contributed by atoms with Gasteiger partial charge in [0.2, 0.25) is 0 Å². The van der Waals surface area contributed by atoms with Gasteiger partial charge in [-0.15, -0.1) is 0 Å². The first-order valence-corrected chi connectivity index (χ1v) is 6.47. The molecule has 0 radical (unpaired) electrons. The van der Waals surface area contributed by atoms with Gasteiger partial charge in [-0.3, -0.25) is 4.79 Å². The molecule has 3 nitrogen and oxygen atoms in total. The van der Waals surface area contributed by atoms with Gasteiger partial charge in [-0.25, -0.2) is 0 Å². The van der Waals surface area contributed by atoms with E-state index in [1.165, 1.54) is 0 Å². The molecular formula is C16H19NO2. The molecule has 100 valence electrons. The summed E-state index contributed by atoms with van der Waals surface area (Å²) in [6, 6.07) is 7.93. The van der Waals surface area contributed by atoms with Crippen LogP contribution in [0.1, 0.15) is 34.2 Å². The Morgan fingerprint density at radius 2 is 1.74 bits per heavy atom. The minimum absolute atomic E-state index is 0.662. The van der Waals surface area contributed by atoms with Crippen LogP contribution in [0.3, 0.4) is 0 Å². The molecule has 0 saturated carbocycles. The van der Waals surface area contributed by atoms with Crippen molar-refractivity contribution >= 4 is 6.29 Å². The quantitative estimate of drug-likeness (QED) is 0.783. The minimum Gasteiger partial charge on any atom is -0.494 e. The third-order valence-corrected chi connectivity index (χ3v) is 3.53. The summed E-state index contributed by atoms with van der Waals surface area (Å²) >= 11 is 0. The molecule has 2 aromatic rings. The smallest absolute Gasteiger partial charge is 0.152 e. The highest BCUT2D eigenvalue weighted by Gasteiger charge is 2.14. The topological polar surface area (TPSA) is 31.2 Å². The van der Waals surface area contributed by atoms with E-state index in [1.54, 1.807) is 0 Å². The molecule has 1 aromatic carbocycles. The van der Waals surface area contributed by atoms with E-state index >= 15 is 0 Å². The third kappa shape index (κ3) is 2.28. The van der Waals surface area contributed by atoms with Gasteiger partial charge in [-0.2, -0.15) is 0 Å². The average Bonchev–Trinajstić information content (AvgIpc) is 2.62. The monoisotopic (exact) mass is 257 g/mol. The molecule has 0 fully saturated rings. The van der Waals surface area contributed by atoms with Crippen LogP contribution in [0.5, 0.6) is 5.75 Å². The number of hydrogen-bond donors (Lipinski definition) is 0. The Morgan fingerprint density at radius 1 is 1.11 bits per heavy atom. The van der Waals surface area contributed by atoms with Crippen LogP contribution in [-0.2, 0) is 0 Å². The van der Waals surface area contributed by atoms with Gasteiger partial charge in [0.05, 0.1) is 6.61 Å². The molecule has 1 heterocycles. The first kappa shape index (κ1) is 13.4. The lowest BCUT2D eigenvalue weighted by Crippen LogP contribution is -2.00. The zero-order valence-electron chi connectivity index (χ0n) is 11.9. The Labute approximate surface area is 113 Å². The Hall–Kier alpha value is -2.03. The molecule has 3 heteroatoms. The first-order valence-electron chi connectivity index (χ1n) is 6.47. The maximum Gasteiger partial charge on any atom is 0.152 e. The van der Waals surface area contributed by atoms with Crippen LogP contribution in [0.15, 0.2) is 24.3 Å². The Balaban J connectivity index is 2.50. The molecule has 1 aromatic heterocycles. The third-order valence-electron chi connectivity index (χ3n) is 3.53. The number of aldehydes is 1. The number of aromatic nitrogens is 1. The van der Waals surface area contributed by atoms with Crippen LogP contribution in [0.4, 0.5) is 0 Å². The SMILES string of the molecule is CCOc1ccc(-n2c(C)c(C)c(C=O)c2C)cc1. The normalized spacial score (nSPS) is 10.5. The van der Waals surface area contributed by atoms with Gasteiger partial charge in [0.1, 0.15) is 5.75 Å². The summed E-state index contributed by atoms with van der Waals surface area (Å²) in [7, 11) is 0. The molecule has 0 bridgehead atoms. The van der Waals surface area contributed by atoms with Crippen LogP contribution in [-0.4, -0.2) is 17.5 Å². The fraction of sp³-hybridized carbons (Fsp3) is 0.312. The van der Waals surface area contributed by atoms with Crippen LogP contribution >= 0.6 is 0 Å². The summed E-state index contributed by atoms with van der Waals surface area (Å²) in [6.45, 7) is 8.62. The fourth-order valence-corrected chi connectivity index (χ4v) is 2.43. The molecule has 0 aliphatic carbocycles. The summed E-state index contributed by atoms with van der Waals surface area (Å²) < 4.78 is 7.55. The number of rotatable bonds is 4. The second-order valence-electron chi connectivity index (χ2n) is 4.59. The van der Waals surface area contributed by atoms with Gasteiger partial charge in [-0.1, -0.05) is 0 Å². The van der Waals surface area contributed by atoms with Crippen molar-refractivity contribution in [2.24, 2.45) is 0 Å². The van der Waals surface area contributed by atoms with E-state index in [9.17, 15) is 4.79 Å². The van der Waals surface area contributed by atoms with E-state index in [0.29, 0.717) is 6.61 Å². The number of carbonyl (C=O) groups excluding carboxylic acids is 1. The highest BCUT2D eigenvalue weighted by atomic mass is 16.5. The highest BCUT2D eigenvalue weighted by Crippen LogP contribution is 2.25. The van der Waals surface area contributed by atoms with Crippen molar-refractivity contribution in [1.82, 2.24) is 4.57 Å². The number of ether oxygens (including phenoxy) is 1. The largest absolute Gasteiger partial charge is 0.494 e. The van der Waals surface area contributed by atoms with Crippen LogP contribution in [0.25, 0.3) is 5.69 Å². The van der Waals surface area contributed by atoms with Crippen LogP contribution < -0.4 is 4.74 Å². The van der Waals surface area contributed by atoms with Gasteiger partial charge in [0, 0.05) is 22.6 Å². The van der Waals surface area contributed by atoms with Crippen LogP contribution in [0.2, 0.25) is 0 Å². The number of nitrogens with zero attached hydrogens (tertiary/aromatic N) is 1. The lowest BCUT2D eigenvalue weighted by atomic mass is 10.1. The molecule has 2 rings (SSSR count). The molecule has 19 heavy (non-hydrogen) atoms. The summed E-state index contributed by atoms with van der Waals surface area (Å²) in [5.41, 5.74) is 4.96. The molecule has 0 unspecified atom stereocenters. The number of hydrogen-bond acceptors (Lipinski definition) is 2. The van der Waals surface area contributed by atoms with Gasteiger partial charge >= 0.3 is 0 Å². The molecule has 0 aliphatic heterocycles. The van der Waals surface area contributed by atoms with Crippen molar-refractivity contribution in [2.75, 3.05) is 6.61 Å². The summed E-state index contributed by atoms with van der Waals surface area (Å²) in [5.74, 6) is 0.862. The second kappa shape index (κ2) is 5.31. The molecule has 0 atom stereocenters. The maximum atomic E-state index is 11.2. The van der Waals surface area contributed by atoms with E-state index in [0.717, 1.165) is 40.2 Å². The molecular weight excluding hydrogens is 238 g/mol. The van der Waals surface area contributed by atoms with E-state index in [-0.39, 0.29) is 0 Å². The summed E-state index contributed by atoms with van der Waals surface area (Å²) in [4.78, 5) is 11.2. The first-order chi connectivity index (χ1) is 9.10. The standard InChI is InChI=1S/C16H19NO2/c1-5-19-15-8-6-14(7-9-15)17-12(3)11(2)16(10-18)13(17)4/h6-10H,5H2,1-4H3. The Bertz CT molecular complexity index is 594. The predicted molar refractivity (Wildman–Crippen MR) is 76.5 cm³/mol. The van der Waals surface area contributed by atoms with Gasteiger partial charge < -0.3 is 9.30 Å². The number of benzene rings is 1. The summed E-state index contributed by atoms with van der Waals surface area (Å²) in [6.07, 6.45) is 0.933. The van der Waals surface area contributed by atoms with Crippen molar-refractivity contribution in [1.29, 1.82) is 0 Å². The lowest BCUT2D eigenvalue weighted by molar-refractivity contribution is 0.112. The maximum absolute atomic E-state index is 11.2. The van der Waals surface area contributed by atoms with Crippen molar-refractivity contribution in [3.63, 3.8) is 0 Å². The van der Waals surface area contributed by atoms with Crippen molar-refractivity contribution in [3.05, 3.63) is 46.8 Å². The van der Waals surface area contributed by atoms with Crippen LogP contribution in [0, 0.1) is 20.8 Å². The second-order valence-corrected chi connectivity index (χ2v) is 4.59. The molecule has 0 aliphatic rings. The molecule has 0 amide bonds. The van der Waals surface area contributed by atoms with Crippen molar-refractivity contribution in [3.8, 4) is 11.4 Å². The van der Waals surface area contributed by atoms with Crippen molar-refractivity contribution in [2.45, 2.75) is 27.7 Å². The zero-order chi connectivity index (χ0) is 14.0. The van der Waals surface area contributed by atoms with E-state index in [1.807, 2.05) is 52.0 Å². The van der Waals surface area contributed by atoms with Gasteiger partial charge in [0.25, 0.3) is 0 Å². The molecule has 0 N–H and O–H groups in total. The summed E-state index contributed by atoms with van der Waals surface area (Å²) in [5, 5.41) is 0. The fourth-order valence-electron chi connectivity index (χ4n) is 2.43.